The van der Waals surface area contributed by atoms with E-state index in [1.165, 1.54) is 0 Å². The Balaban J connectivity index is 2.10. The fourth-order valence-electron chi connectivity index (χ4n) is 2.36. The van der Waals surface area contributed by atoms with E-state index in [1.807, 2.05) is 12.1 Å². The standard InChI is InChI=1S/C15H17BrN2O3/c1-3-14(19)17-8-15(20)18-7-6-10-11(9-18)12(16)4-5-13(10)21-2/h3-5H,1,6-9H2,2H3,(H,17,19). The molecule has 21 heavy (non-hydrogen) atoms. The Morgan fingerprint density at radius 1 is 1.48 bits per heavy atom. The molecule has 1 aliphatic heterocycles. The van der Waals surface area contributed by atoms with Crippen molar-refractivity contribution < 1.29 is 14.3 Å². The Labute approximate surface area is 132 Å². The number of fused-ring (bicyclic) bond motifs is 1. The summed E-state index contributed by atoms with van der Waals surface area (Å²) < 4.78 is 6.33. The van der Waals surface area contributed by atoms with Crippen LogP contribution in [0.5, 0.6) is 5.75 Å². The zero-order chi connectivity index (χ0) is 15.4. The van der Waals surface area contributed by atoms with E-state index in [2.05, 4.69) is 27.8 Å². The smallest absolute Gasteiger partial charge is 0.243 e. The summed E-state index contributed by atoms with van der Waals surface area (Å²) in [5.74, 6) is 0.398. The van der Waals surface area contributed by atoms with Crippen LogP contribution < -0.4 is 10.1 Å². The monoisotopic (exact) mass is 352 g/mol. The number of carbonyl (C=O) groups excluding carboxylic acids is 2. The fourth-order valence-corrected chi connectivity index (χ4v) is 2.85. The molecule has 0 saturated carbocycles. The molecule has 0 radical (unpaired) electrons. The molecule has 0 saturated heterocycles. The van der Waals surface area contributed by atoms with Crippen LogP contribution in [0.3, 0.4) is 0 Å². The van der Waals surface area contributed by atoms with Gasteiger partial charge in [0.05, 0.1) is 13.7 Å². The van der Waals surface area contributed by atoms with Crippen LogP contribution >= 0.6 is 15.9 Å². The highest BCUT2D eigenvalue weighted by atomic mass is 79.9. The summed E-state index contributed by atoms with van der Waals surface area (Å²) in [4.78, 5) is 25.0. The third-order valence-electron chi connectivity index (χ3n) is 3.48. The van der Waals surface area contributed by atoms with E-state index < -0.39 is 0 Å². The third kappa shape index (κ3) is 3.44. The van der Waals surface area contributed by atoms with E-state index in [4.69, 9.17) is 4.74 Å². The van der Waals surface area contributed by atoms with Crippen molar-refractivity contribution in [3.05, 3.63) is 40.4 Å². The topological polar surface area (TPSA) is 58.6 Å². The molecule has 5 nitrogen and oxygen atoms in total. The van der Waals surface area contributed by atoms with Gasteiger partial charge >= 0.3 is 0 Å². The van der Waals surface area contributed by atoms with Gasteiger partial charge in [-0.1, -0.05) is 22.5 Å². The second-order valence-corrected chi connectivity index (χ2v) is 5.55. The van der Waals surface area contributed by atoms with Crippen LogP contribution in [-0.2, 0) is 22.6 Å². The van der Waals surface area contributed by atoms with Crippen molar-refractivity contribution in [1.82, 2.24) is 10.2 Å². The number of hydrogen-bond donors (Lipinski definition) is 1. The lowest BCUT2D eigenvalue weighted by Gasteiger charge is -2.30. The zero-order valence-electron chi connectivity index (χ0n) is 11.8. The first-order chi connectivity index (χ1) is 10.1. The zero-order valence-corrected chi connectivity index (χ0v) is 13.4. The molecule has 0 bridgehead atoms. The lowest BCUT2D eigenvalue weighted by molar-refractivity contribution is -0.132. The van der Waals surface area contributed by atoms with Crippen molar-refractivity contribution in [2.75, 3.05) is 20.2 Å². The summed E-state index contributed by atoms with van der Waals surface area (Å²) in [5.41, 5.74) is 2.19. The molecular weight excluding hydrogens is 336 g/mol. The summed E-state index contributed by atoms with van der Waals surface area (Å²) >= 11 is 3.52. The summed E-state index contributed by atoms with van der Waals surface area (Å²) in [6.07, 6.45) is 1.89. The van der Waals surface area contributed by atoms with Crippen LogP contribution in [0.4, 0.5) is 0 Å². The Hall–Kier alpha value is -1.82. The van der Waals surface area contributed by atoms with Gasteiger partial charge in [0, 0.05) is 23.1 Å². The first-order valence-corrected chi connectivity index (χ1v) is 7.38. The molecule has 0 atom stereocenters. The lowest BCUT2D eigenvalue weighted by Crippen LogP contribution is -2.42. The van der Waals surface area contributed by atoms with Gasteiger partial charge in [0.1, 0.15) is 5.75 Å². The highest BCUT2D eigenvalue weighted by Gasteiger charge is 2.24. The van der Waals surface area contributed by atoms with Crippen LogP contribution in [0.25, 0.3) is 0 Å². The second-order valence-electron chi connectivity index (χ2n) is 4.69. The van der Waals surface area contributed by atoms with Crippen LogP contribution in [0.2, 0.25) is 0 Å². The number of amides is 2. The maximum Gasteiger partial charge on any atom is 0.243 e. The summed E-state index contributed by atoms with van der Waals surface area (Å²) in [6.45, 7) is 4.47. The Bertz CT molecular complexity index is 587. The molecule has 0 fully saturated rings. The molecular formula is C15H17BrN2O3. The van der Waals surface area contributed by atoms with Gasteiger partial charge in [-0.15, -0.1) is 0 Å². The van der Waals surface area contributed by atoms with Crippen LogP contribution in [-0.4, -0.2) is 36.9 Å². The highest BCUT2D eigenvalue weighted by Crippen LogP contribution is 2.33. The molecule has 0 aliphatic carbocycles. The van der Waals surface area contributed by atoms with E-state index in [1.54, 1.807) is 12.0 Å². The number of methoxy groups -OCH3 is 1. The minimum atomic E-state index is -0.344. The predicted molar refractivity (Wildman–Crippen MR) is 83.0 cm³/mol. The van der Waals surface area contributed by atoms with Gasteiger partial charge in [-0.05, 0) is 30.2 Å². The normalized spacial score (nSPS) is 13.3. The highest BCUT2D eigenvalue weighted by molar-refractivity contribution is 9.10. The molecule has 0 aromatic heterocycles. The Kier molecular flexibility index (Phi) is 5.01. The van der Waals surface area contributed by atoms with Crippen molar-refractivity contribution >= 4 is 27.7 Å². The van der Waals surface area contributed by atoms with Crippen LogP contribution in [0, 0.1) is 0 Å². The maximum absolute atomic E-state index is 12.1. The van der Waals surface area contributed by atoms with E-state index >= 15 is 0 Å². The van der Waals surface area contributed by atoms with Gasteiger partial charge in [0.2, 0.25) is 11.8 Å². The molecule has 112 valence electrons. The summed E-state index contributed by atoms with van der Waals surface area (Å²) in [5, 5.41) is 2.51. The number of nitrogens with one attached hydrogen (secondary N) is 1. The maximum atomic E-state index is 12.1. The third-order valence-corrected chi connectivity index (χ3v) is 4.23. The van der Waals surface area contributed by atoms with E-state index in [9.17, 15) is 9.59 Å². The molecule has 1 heterocycles. The van der Waals surface area contributed by atoms with Crippen molar-refractivity contribution in [1.29, 1.82) is 0 Å². The van der Waals surface area contributed by atoms with E-state index in [0.717, 1.165) is 33.8 Å². The number of carbonyl (C=O) groups is 2. The summed E-state index contributed by atoms with van der Waals surface area (Å²) in [6, 6.07) is 3.84. The van der Waals surface area contributed by atoms with Gasteiger partial charge in [0.15, 0.2) is 0 Å². The second kappa shape index (κ2) is 6.76. The number of benzene rings is 1. The Morgan fingerprint density at radius 2 is 2.24 bits per heavy atom. The quantitative estimate of drug-likeness (QED) is 0.838. The molecule has 0 unspecified atom stereocenters. The largest absolute Gasteiger partial charge is 0.496 e. The van der Waals surface area contributed by atoms with E-state index in [0.29, 0.717) is 13.1 Å². The predicted octanol–water partition coefficient (Wildman–Crippen LogP) is 1.64. The average Bonchev–Trinajstić information content (AvgIpc) is 2.52. The fraction of sp³-hybridized carbons (Fsp3) is 0.333. The summed E-state index contributed by atoms with van der Waals surface area (Å²) in [7, 11) is 1.64. The molecule has 1 N–H and O–H groups in total. The number of hydrogen-bond acceptors (Lipinski definition) is 3. The van der Waals surface area contributed by atoms with Crippen LogP contribution in [0.1, 0.15) is 11.1 Å². The molecule has 2 amide bonds. The van der Waals surface area contributed by atoms with Crippen LogP contribution in [0.15, 0.2) is 29.3 Å². The van der Waals surface area contributed by atoms with Crippen molar-refractivity contribution in [3.63, 3.8) is 0 Å². The number of halogens is 1. The number of rotatable bonds is 4. The van der Waals surface area contributed by atoms with Gasteiger partial charge in [-0.2, -0.15) is 0 Å². The lowest BCUT2D eigenvalue weighted by atomic mass is 9.98. The number of nitrogens with zero attached hydrogens (tertiary/aromatic N) is 1. The van der Waals surface area contributed by atoms with Gasteiger partial charge < -0.3 is 15.0 Å². The van der Waals surface area contributed by atoms with Crippen molar-refractivity contribution in [3.8, 4) is 5.75 Å². The molecule has 1 aromatic rings. The first-order valence-electron chi connectivity index (χ1n) is 6.59. The molecule has 6 heteroatoms. The minimum Gasteiger partial charge on any atom is -0.496 e. The SMILES string of the molecule is C=CC(=O)NCC(=O)N1CCc2c(OC)ccc(Br)c2C1. The molecule has 2 rings (SSSR count). The Morgan fingerprint density at radius 3 is 2.90 bits per heavy atom. The van der Waals surface area contributed by atoms with Crippen molar-refractivity contribution in [2.45, 2.75) is 13.0 Å². The number of ether oxygens (including phenoxy) is 1. The molecule has 1 aliphatic rings. The minimum absolute atomic E-state index is 0.0121. The molecule has 1 aromatic carbocycles. The average molecular weight is 353 g/mol. The van der Waals surface area contributed by atoms with Gasteiger partial charge in [0.25, 0.3) is 0 Å². The van der Waals surface area contributed by atoms with Gasteiger partial charge in [-0.25, -0.2) is 0 Å². The first kappa shape index (κ1) is 15.6. The molecule has 0 spiro atoms. The van der Waals surface area contributed by atoms with Crippen molar-refractivity contribution in [2.24, 2.45) is 0 Å². The van der Waals surface area contributed by atoms with E-state index in [-0.39, 0.29) is 18.4 Å². The van der Waals surface area contributed by atoms with Gasteiger partial charge in [-0.3, -0.25) is 9.59 Å².